The Hall–Kier alpha value is -2.94. The molecule has 8 aliphatic rings. The van der Waals surface area contributed by atoms with E-state index in [-0.39, 0.29) is 23.8 Å². The van der Waals surface area contributed by atoms with Crippen LogP contribution in [0.1, 0.15) is 82.5 Å². The third kappa shape index (κ3) is 3.03. The van der Waals surface area contributed by atoms with Gasteiger partial charge < -0.3 is 24.2 Å². The van der Waals surface area contributed by atoms with Crippen molar-refractivity contribution in [3.05, 3.63) is 35.9 Å². The molecule has 2 spiro atoms. The second-order valence-electron chi connectivity index (χ2n) is 15.6. The number of hydrogen-bond acceptors (Lipinski definition) is 8. The summed E-state index contributed by atoms with van der Waals surface area (Å²) in [4.78, 5) is 57.0. The summed E-state index contributed by atoms with van der Waals surface area (Å²) in [6, 6.07) is 8.40. The molecule has 1 amide bonds. The number of aliphatic hydroxyl groups is 1. The molecule has 1 N–H and O–H groups in total. The number of benzene rings is 1. The number of ether oxygens (including phenoxy) is 3. The maximum atomic E-state index is 14.8. The van der Waals surface area contributed by atoms with Gasteiger partial charge in [0.15, 0.2) is 12.3 Å². The van der Waals surface area contributed by atoms with Gasteiger partial charge in [0.05, 0.1) is 17.6 Å². The zero-order valence-electron chi connectivity index (χ0n) is 24.5. The molecule has 0 aromatic heterocycles. The molecule has 224 valence electrons. The van der Waals surface area contributed by atoms with Crippen LogP contribution in [0.3, 0.4) is 0 Å². The first-order valence-electron chi connectivity index (χ1n) is 15.5. The summed E-state index contributed by atoms with van der Waals surface area (Å²) in [5.74, 6) is -0.519. The molecular weight excluding hydrogens is 538 g/mol. The second kappa shape index (κ2) is 8.16. The third-order valence-corrected chi connectivity index (χ3v) is 12.5. The molecule has 0 unspecified atom stereocenters. The van der Waals surface area contributed by atoms with E-state index in [1.165, 1.54) is 19.3 Å². The molecule has 9 nitrogen and oxygen atoms in total. The lowest BCUT2D eigenvalue weighted by Crippen LogP contribution is -2.66. The number of rotatable bonds is 4. The molecule has 3 saturated heterocycles. The van der Waals surface area contributed by atoms with Crippen LogP contribution in [0.5, 0.6) is 0 Å². The molecular formula is C33H39NO8. The van der Waals surface area contributed by atoms with Crippen LogP contribution in [0.15, 0.2) is 30.3 Å². The lowest BCUT2D eigenvalue weighted by Gasteiger charge is -2.58. The molecule has 9 rings (SSSR count). The van der Waals surface area contributed by atoms with Crippen molar-refractivity contribution >= 4 is 23.8 Å². The van der Waals surface area contributed by atoms with Crippen molar-refractivity contribution in [3.63, 3.8) is 0 Å². The van der Waals surface area contributed by atoms with E-state index in [0.717, 1.165) is 19.3 Å². The first kappa shape index (κ1) is 26.7. The number of carbonyl (C=O) groups excluding carboxylic acids is 4. The van der Waals surface area contributed by atoms with Gasteiger partial charge in [0.25, 0.3) is 5.91 Å². The summed E-state index contributed by atoms with van der Waals surface area (Å²) >= 11 is 0. The first-order chi connectivity index (χ1) is 19.8. The van der Waals surface area contributed by atoms with Gasteiger partial charge in [-0.1, -0.05) is 39.0 Å². The van der Waals surface area contributed by atoms with E-state index in [1.54, 1.807) is 35.2 Å². The molecule has 5 aliphatic carbocycles. The largest absolute Gasteiger partial charge is 0.461 e. The fraction of sp³-hybridized carbons (Fsp3) is 0.697. The van der Waals surface area contributed by atoms with Crippen LogP contribution < -0.4 is 0 Å². The Morgan fingerprint density at radius 2 is 1.60 bits per heavy atom. The Labute approximate surface area is 245 Å². The Bertz CT molecular complexity index is 1360. The third-order valence-electron chi connectivity index (χ3n) is 12.5. The standard InChI is InChI=1S/C33H39NO8/c1-29(2,3)32(39)15-22-31(16-23(35)40-22)28(38)42-27-33(31,32)24(41-26(37)21-7-5-4-6-8-21)25(36)34(27)17-30-12-18-9-19(13-30)11-20(10-18)14-30/h4-8,18-20,22,24,27,39H,9-17H2,1-3H3/t18?,19?,20?,22-,24+,27-,30?,31-,32+,33+/m0/s1. The first-order valence-corrected chi connectivity index (χ1v) is 15.5. The summed E-state index contributed by atoms with van der Waals surface area (Å²) in [7, 11) is 0. The summed E-state index contributed by atoms with van der Waals surface area (Å²) in [6.45, 7) is 5.92. The topological polar surface area (TPSA) is 119 Å². The predicted molar refractivity (Wildman–Crippen MR) is 146 cm³/mol. The summed E-state index contributed by atoms with van der Waals surface area (Å²) < 4.78 is 18.1. The Kier molecular flexibility index (Phi) is 5.18. The van der Waals surface area contributed by atoms with Crippen molar-refractivity contribution in [2.45, 2.75) is 96.2 Å². The maximum absolute atomic E-state index is 14.8. The van der Waals surface area contributed by atoms with Crippen molar-refractivity contribution in [3.8, 4) is 0 Å². The van der Waals surface area contributed by atoms with E-state index >= 15 is 0 Å². The highest BCUT2D eigenvalue weighted by atomic mass is 16.6. The van der Waals surface area contributed by atoms with E-state index in [2.05, 4.69) is 0 Å². The number of esters is 3. The molecule has 1 aromatic carbocycles. The van der Waals surface area contributed by atoms with Crippen LogP contribution in [0.2, 0.25) is 0 Å². The van der Waals surface area contributed by atoms with Crippen molar-refractivity contribution in [2.75, 3.05) is 6.54 Å². The summed E-state index contributed by atoms with van der Waals surface area (Å²) in [5, 5.41) is 12.9. The van der Waals surface area contributed by atoms with Crippen LogP contribution >= 0.6 is 0 Å². The van der Waals surface area contributed by atoms with E-state index < -0.39 is 64.1 Å². The van der Waals surface area contributed by atoms with Crippen LogP contribution in [0.4, 0.5) is 0 Å². The van der Waals surface area contributed by atoms with Crippen LogP contribution in [0, 0.1) is 39.4 Å². The molecule has 0 radical (unpaired) electrons. The number of amides is 1. The highest BCUT2D eigenvalue weighted by molar-refractivity contribution is 5.99. The van der Waals surface area contributed by atoms with Crippen LogP contribution in [0.25, 0.3) is 0 Å². The van der Waals surface area contributed by atoms with Gasteiger partial charge in [0.1, 0.15) is 16.9 Å². The minimum absolute atomic E-state index is 0.0499. The van der Waals surface area contributed by atoms with Gasteiger partial charge in [-0.2, -0.15) is 0 Å². The number of hydrogen-bond donors (Lipinski definition) is 1. The molecule has 3 aliphatic heterocycles. The van der Waals surface area contributed by atoms with Gasteiger partial charge >= 0.3 is 17.9 Å². The summed E-state index contributed by atoms with van der Waals surface area (Å²) in [5.41, 5.74) is -5.86. The van der Waals surface area contributed by atoms with Crippen molar-refractivity contribution in [1.29, 1.82) is 0 Å². The van der Waals surface area contributed by atoms with Crippen molar-refractivity contribution < 1.29 is 38.5 Å². The Morgan fingerprint density at radius 1 is 0.976 bits per heavy atom. The molecule has 4 bridgehead atoms. The van der Waals surface area contributed by atoms with Crippen molar-refractivity contribution in [1.82, 2.24) is 4.90 Å². The molecule has 42 heavy (non-hydrogen) atoms. The highest BCUT2D eigenvalue weighted by Crippen LogP contribution is 2.76. The van der Waals surface area contributed by atoms with Gasteiger partial charge in [-0.3, -0.25) is 14.4 Å². The zero-order chi connectivity index (χ0) is 29.4. The van der Waals surface area contributed by atoms with Gasteiger partial charge in [-0.25, -0.2) is 4.79 Å². The van der Waals surface area contributed by atoms with Crippen LogP contribution in [-0.4, -0.2) is 64.4 Å². The van der Waals surface area contributed by atoms with Gasteiger partial charge in [0.2, 0.25) is 0 Å². The van der Waals surface area contributed by atoms with Gasteiger partial charge in [0, 0.05) is 13.0 Å². The maximum Gasteiger partial charge on any atom is 0.338 e. The van der Waals surface area contributed by atoms with Crippen LogP contribution in [-0.2, 0) is 28.6 Å². The molecule has 3 heterocycles. The monoisotopic (exact) mass is 577 g/mol. The van der Waals surface area contributed by atoms with E-state index in [1.807, 2.05) is 20.8 Å². The van der Waals surface area contributed by atoms with Gasteiger partial charge in [-0.15, -0.1) is 0 Å². The SMILES string of the molecule is CC(C)(C)[C@]1(O)C[C@@H]2OC(=O)C[C@@]23C(=O)O[C@@H]2N(CC45CC6CC(CC(C6)C4)C5)C(=O)[C@@H](OC(=O)c4ccccc4)[C@]213. The Morgan fingerprint density at radius 3 is 2.19 bits per heavy atom. The average Bonchev–Trinajstić information content (AvgIpc) is 3.52. The minimum atomic E-state index is -1.74. The smallest absolute Gasteiger partial charge is 0.338 e. The number of nitrogens with zero attached hydrogens (tertiary/aromatic N) is 1. The molecule has 8 fully saturated rings. The lowest BCUT2D eigenvalue weighted by atomic mass is 9.49. The lowest BCUT2D eigenvalue weighted by molar-refractivity contribution is -0.214. The second-order valence-corrected chi connectivity index (χ2v) is 15.6. The quantitative estimate of drug-likeness (QED) is 0.426. The zero-order valence-corrected chi connectivity index (χ0v) is 24.5. The van der Waals surface area contributed by atoms with E-state index in [0.29, 0.717) is 24.3 Å². The summed E-state index contributed by atoms with van der Waals surface area (Å²) in [6.07, 6.45) is 2.69. The fourth-order valence-electron chi connectivity index (χ4n) is 11.3. The minimum Gasteiger partial charge on any atom is -0.461 e. The van der Waals surface area contributed by atoms with Gasteiger partial charge in [-0.05, 0) is 79.2 Å². The Balaban J connectivity index is 1.29. The molecule has 6 atom stereocenters. The normalized spacial score (nSPS) is 46.4. The average molecular weight is 578 g/mol. The molecule has 9 heteroatoms. The van der Waals surface area contributed by atoms with E-state index in [9.17, 15) is 24.3 Å². The van der Waals surface area contributed by atoms with Crippen molar-refractivity contribution in [2.24, 2.45) is 39.4 Å². The van der Waals surface area contributed by atoms with E-state index in [4.69, 9.17) is 14.2 Å². The molecule has 1 aromatic rings. The highest BCUT2D eigenvalue weighted by Gasteiger charge is 2.93. The predicted octanol–water partition coefficient (Wildman–Crippen LogP) is 3.62. The molecule has 5 saturated carbocycles. The fourth-order valence-corrected chi connectivity index (χ4v) is 11.3. The number of likely N-dealkylation sites (tertiary alicyclic amines) is 1. The number of carbonyl (C=O) groups is 4.